The molecule has 2 N–H and O–H groups in total. The van der Waals surface area contributed by atoms with Gasteiger partial charge >= 0.3 is 0 Å². The largest absolute Gasteiger partial charge is 0.497 e. The van der Waals surface area contributed by atoms with E-state index >= 15 is 0 Å². The number of halogens is 1. The van der Waals surface area contributed by atoms with E-state index in [0.29, 0.717) is 6.04 Å². The molecular formula is C12H17BrN2O. The molecule has 2 rings (SSSR count). The molecule has 0 saturated carbocycles. The van der Waals surface area contributed by atoms with E-state index in [1.54, 1.807) is 7.11 Å². The Bertz CT molecular complexity index is 351. The summed E-state index contributed by atoms with van der Waals surface area (Å²) in [6, 6.07) is 6.64. The molecule has 3 nitrogen and oxygen atoms in total. The Kier molecular flexibility index (Phi) is 4.07. The average Bonchev–Trinajstić information content (AvgIpc) is 2.78. The third-order valence-corrected chi connectivity index (χ3v) is 3.28. The minimum atomic E-state index is 0.602. The normalized spacial score (nSPS) is 19.8. The fraction of sp³-hybridized carbons (Fsp3) is 0.500. The predicted octanol–water partition coefficient (Wildman–Crippen LogP) is 2.62. The molecule has 16 heavy (non-hydrogen) atoms. The van der Waals surface area contributed by atoms with Crippen molar-refractivity contribution in [3.05, 3.63) is 22.7 Å². The van der Waals surface area contributed by atoms with Gasteiger partial charge in [0.05, 0.1) is 7.11 Å². The summed E-state index contributed by atoms with van der Waals surface area (Å²) in [7, 11) is 1.68. The molecule has 0 radical (unpaired) electrons. The van der Waals surface area contributed by atoms with Crippen LogP contribution in [0.5, 0.6) is 5.75 Å². The van der Waals surface area contributed by atoms with Crippen molar-refractivity contribution < 1.29 is 4.74 Å². The second-order valence-corrected chi connectivity index (χ2v) is 4.97. The van der Waals surface area contributed by atoms with Gasteiger partial charge in [0.1, 0.15) is 5.75 Å². The lowest BCUT2D eigenvalue weighted by Gasteiger charge is -2.13. The number of anilines is 1. The second kappa shape index (κ2) is 5.55. The lowest BCUT2D eigenvalue weighted by atomic mass is 10.2. The van der Waals surface area contributed by atoms with Crippen LogP contribution in [-0.2, 0) is 0 Å². The Hall–Kier alpha value is -0.740. The molecule has 1 aliphatic heterocycles. The molecule has 1 aromatic rings. The van der Waals surface area contributed by atoms with Crippen LogP contribution in [0.4, 0.5) is 5.69 Å². The molecule has 0 aliphatic carbocycles. The van der Waals surface area contributed by atoms with Gasteiger partial charge in [0.25, 0.3) is 0 Å². The van der Waals surface area contributed by atoms with Gasteiger partial charge in [-0.05, 0) is 31.5 Å². The molecule has 1 aromatic carbocycles. The van der Waals surface area contributed by atoms with Crippen molar-refractivity contribution in [2.75, 3.05) is 25.5 Å². The monoisotopic (exact) mass is 284 g/mol. The van der Waals surface area contributed by atoms with Crippen molar-refractivity contribution in [1.82, 2.24) is 5.32 Å². The van der Waals surface area contributed by atoms with Crippen LogP contribution in [-0.4, -0.2) is 26.2 Å². The molecule has 0 aromatic heterocycles. The number of rotatable bonds is 4. The van der Waals surface area contributed by atoms with Gasteiger partial charge in [-0.3, -0.25) is 0 Å². The smallest absolute Gasteiger partial charge is 0.122 e. The zero-order chi connectivity index (χ0) is 11.4. The third kappa shape index (κ3) is 3.12. The average molecular weight is 285 g/mol. The van der Waals surface area contributed by atoms with Crippen LogP contribution in [0.3, 0.4) is 0 Å². The number of methoxy groups -OCH3 is 1. The van der Waals surface area contributed by atoms with Crippen LogP contribution < -0.4 is 15.4 Å². The van der Waals surface area contributed by atoms with Crippen LogP contribution in [0, 0.1) is 0 Å². The molecule has 88 valence electrons. The lowest BCUT2D eigenvalue weighted by molar-refractivity contribution is 0.414. The molecule has 1 atom stereocenters. The SMILES string of the molecule is COc1cc(Br)cc(NCC2CCCN2)c1. The van der Waals surface area contributed by atoms with Crippen LogP contribution in [0.25, 0.3) is 0 Å². The Morgan fingerprint density at radius 1 is 1.50 bits per heavy atom. The summed E-state index contributed by atoms with van der Waals surface area (Å²) in [5.41, 5.74) is 1.10. The fourth-order valence-electron chi connectivity index (χ4n) is 1.95. The predicted molar refractivity (Wildman–Crippen MR) is 70.2 cm³/mol. The molecule has 1 fully saturated rings. The summed E-state index contributed by atoms with van der Waals surface area (Å²) in [6.07, 6.45) is 2.55. The van der Waals surface area contributed by atoms with Gasteiger partial charge in [-0.15, -0.1) is 0 Å². The van der Waals surface area contributed by atoms with Gasteiger partial charge < -0.3 is 15.4 Å². The summed E-state index contributed by atoms with van der Waals surface area (Å²) in [6.45, 7) is 2.12. The summed E-state index contributed by atoms with van der Waals surface area (Å²) in [4.78, 5) is 0. The van der Waals surface area contributed by atoms with Crippen molar-refractivity contribution in [2.45, 2.75) is 18.9 Å². The first kappa shape index (κ1) is 11.7. The van der Waals surface area contributed by atoms with Gasteiger partial charge in [0, 0.05) is 28.8 Å². The lowest BCUT2D eigenvalue weighted by Crippen LogP contribution is -2.29. The van der Waals surface area contributed by atoms with E-state index in [4.69, 9.17) is 4.74 Å². The minimum absolute atomic E-state index is 0.602. The first-order valence-corrected chi connectivity index (χ1v) is 6.39. The number of hydrogen-bond acceptors (Lipinski definition) is 3. The number of nitrogens with one attached hydrogen (secondary N) is 2. The van der Waals surface area contributed by atoms with Gasteiger partial charge in [-0.25, -0.2) is 0 Å². The Labute approximate surface area is 105 Å². The molecule has 0 bridgehead atoms. The van der Waals surface area contributed by atoms with Crippen molar-refractivity contribution in [1.29, 1.82) is 0 Å². The van der Waals surface area contributed by atoms with Crippen LogP contribution in [0.15, 0.2) is 22.7 Å². The van der Waals surface area contributed by atoms with Crippen LogP contribution in [0.1, 0.15) is 12.8 Å². The minimum Gasteiger partial charge on any atom is -0.497 e. The van der Waals surface area contributed by atoms with Gasteiger partial charge in [-0.2, -0.15) is 0 Å². The summed E-state index contributed by atoms with van der Waals surface area (Å²) in [5, 5.41) is 6.89. The maximum atomic E-state index is 5.22. The number of benzene rings is 1. The van der Waals surface area contributed by atoms with E-state index in [2.05, 4.69) is 32.6 Å². The molecular weight excluding hydrogens is 268 g/mol. The van der Waals surface area contributed by atoms with E-state index < -0.39 is 0 Å². The molecule has 1 unspecified atom stereocenters. The maximum absolute atomic E-state index is 5.22. The number of ether oxygens (including phenoxy) is 1. The zero-order valence-electron chi connectivity index (χ0n) is 9.42. The molecule has 1 saturated heterocycles. The van der Waals surface area contributed by atoms with E-state index in [1.807, 2.05) is 12.1 Å². The highest BCUT2D eigenvalue weighted by molar-refractivity contribution is 9.10. The molecule has 0 spiro atoms. The van der Waals surface area contributed by atoms with Gasteiger partial charge in [0.15, 0.2) is 0 Å². The van der Waals surface area contributed by atoms with Gasteiger partial charge in [-0.1, -0.05) is 15.9 Å². The van der Waals surface area contributed by atoms with Crippen molar-refractivity contribution >= 4 is 21.6 Å². The summed E-state index contributed by atoms with van der Waals surface area (Å²) >= 11 is 3.47. The van der Waals surface area contributed by atoms with Crippen LogP contribution in [0.2, 0.25) is 0 Å². The summed E-state index contributed by atoms with van der Waals surface area (Å²) in [5.74, 6) is 0.872. The molecule has 4 heteroatoms. The molecule has 1 heterocycles. The first-order chi connectivity index (χ1) is 7.78. The Morgan fingerprint density at radius 3 is 3.06 bits per heavy atom. The van der Waals surface area contributed by atoms with E-state index in [1.165, 1.54) is 12.8 Å². The Balaban J connectivity index is 1.94. The summed E-state index contributed by atoms with van der Waals surface area (Å²) < 4.78 is 6.26. The van der Waals surface area contributed by atoms with E-state index in [-0.39, 0.29) is 0 Å². The Morgan fingerprint density at radius 2 is 2.38 bits per heavy atom. The topological polar surface area (TPSA) is 33.3 Å². The standard InChI is InChI=1S/C12H17BrN2O/c1-16-12-6-9(13)5-11(7-12)15-8-10-3-2-4-14-10/h5-7,10,14-15H,2-4,8H2,1H3. The quantitative estimate of drug-likeness (QED) is 0.892. The third-order valence-electron chi connectivity index (χ3n) is 2.82. The van der Waals surface area contributed by atoms with Gasteiger partial charge in [0.2, 0.25) is 0 Å². The molecule has 0 amide bonds. The van der Waals surface area contributed by atoms with Crippen LogP contribution >= 0.6 is 15.9 Å². The van der Waals surface area contributed by atoms with Crippen molar-refractivity contribution in [2.24, 2.45) is 0 Å². The maximum Gasteiger partial charge on any atom is 0.122 e. The highest BCUT2D eigenvalue weighted by Crippen LogP contribution is 2.24. The zero-order valence-corrected chi connectivity index (χ0v) is 11.0. The second-order valence-electron chi connectivity index (χ2n) is 4.05. The first-order valence-electron chi connectivity index (χ1n) is 5.60. The number of hydrogen-bond donors (Lipinski definition) is 2. The highest BCUT2D eigenvalue weighted by Gasteiger charge is 2.13. The molecule has 1 aliphatic rings. The fourth-order valence-corrected chi connectivity index (χ4v) is 2.43. The van der Waals surface area contributed by atoms with Crippen molar-refractivity contribution in [3.8, 4) is 5.75 Å². The van der Waals surface area contributed by atoms with Crippen molar-refractivity contribution in [3.63, 3.8) is 0 Å². The van der Waals surface area contributed by atoms with E-state index in [0.717, 1.165) is 29.0 Å². The highest BCUT2D eigenvalue weighted by atomic mass is 79.9. The van der Waals surface area contributed by atoms with E-state index in [9.17, 15) is 0 Å².